The highest BCUT2D eigenvalue weighted by atomic mass is 16.2. The summed E-state index contributed by atoms with van der Waals surface area (Å²) in [4.78, 5) is 17.4. The molecule has 110 valence electrons. The number of carbonyl (C=O) groups excluding carboxylic acids is 1. The molecule has 1 aliphatic rings. The summed E-state index contributed by atoms with van der Waals surface area (Å²) in [6.45, 7) is 2.03. The Morgan fingerprint density at radius 1 is 1.23 bits per heavy atom. The number of hydrogen-bond donors (Lipinski definition) is 1. The Kier molecular flexibility index (Phi) is 2.96. The number of imidazole rings is 1. The molecular weight excluding hydrogens is 274 g/mol. The Morgan fingerprint density at radius 3 is 2.73 bits per heavy atom. The van der Waals surface area contributed by atoms with Crippen molar-refractivity contribution >= 4 is 11.6 Å². The predicted octanol–water partition coefficient (Wildman–Crippen LogP) is 3.20. The zero-order valence-corrected chi connectivity index (χ0v) is 12.4. The van der Waals surface area contributed by atoms with Gasteiger partial charge in [-0.1, -0.05) is 30.3 Å². The van der Waals surface area contributed by atoms with E-state index < -0.39 is 0 Å². The number of nitrogens with zero attached hydrogens (tertiary/aromatic N) is 2. The van der Waals surface area contributed by atoms with Gasteiger partial charge in [0, 0.05) is 17.8 Å². The van der Waals surface area contributed by atoms with Crippen LogP contribution in [0.5, 0.6) is 0 Å². The maximum absolute atomic E-state index is 12.7. The van der Waals surface area contributed by atoms with Crippen molar-refractivity contribution in [3.63, 3.8) is 0 Å². The van der Waals surface area contributed by atoms with Crippen LogP contribution in [-0.4, -0.2) is 21.3 Å². The average molecular weight is 291 g/mol. The van der Waals surface area contributed by atoms with Gasteiger partial charge in [-0.25, -0.2) is 4.98 Å². The van der Waals surface area contributed by atoms with Crippen LogP contribution in [-0.2, 0) is 0 Å². The van der Waals surface area contributed by atoms with Crippen LogP contribution in [0.15, 0.2) is 48.7 Å². The molecule has 4 rings (SSSR count). The summed E-state index contributed by atoms with van der Waals surface area (Å²) in [6, 6.07) is 14.2. The van der Waals surface area contributed by atoms with Crippen LogP contribution in [0, 0.1) is 6.92 Å². The zero-order chi connectivity index (χ0) is 15.1. The summed E-state index contributed by atoms with van der Waals surface area (Å²) in [5.41, 5.74) is 4.26. The summed E-state index contributed by atoms with van der Waals surface area (Å²) in [6.07, 6.45) is 4.07. The van der Waals surface area contributed by atoms with Gasteiger partial charge in [-0.3, -0.25) is 9.20 Å². The van der Waals surface area contributed by atoms with Gasteiger partial charge in [-0.2, -0.15) is 0 Å². The quantitative estimate of drug-likeness (QED) is 0.805. The molecule has 0 bridgehead atoms. The van der Waals surface area contributed by atoms with Gasteiger partial charge in [0.1, 0.15) is 17.0 Å². The van der Waals surface area contributed by atoms with Crippen molar-refractivity contribution in [3.05, 3.63) is 59.9 Å². The second-order valence-corrected chi connectivity index (χ2v) is 5.86. The highest BCUT2D eigenvalue weighted by Gasteiger charge is 2.27. The molecule has 1 saturated carbocycles. The van der Waals surface area contributed by atoms with Gasteiger partial charge in [-0.15, -0.1) is 0 Å². The third-order valence-electron chi connectivity index (χ3n) is 3.96. The van der Waals surface area contributed by atoms with E-state index in [0.717, 1.165) is 35.3 Å². The number of amides is 1. The summed E-state index contributed by atoms with van der Waals surface area (Å²) < 4.78 is 1.88. The van der Waals surface area contributed by atoms with Crippen LogP contribution in [0.25, 0.3) is 16.9 Å². The van der Waals surface area contributed by atoms with Gasteiger partial charge in [0.05, 0.1) is 0 Å². The SMILES string of the molecule is Cc1ccn2c(C(=O)NC3CC3)c(-c3ccccc3)nc2c1. The summed E-state index contributed by atoms with van der Waals surface area (Å²) >= 11 is 0. The molecule has 0 atom stereocenters. The van der Waals surface area contributed by atoms with Crippen LogP contribution >= 0.6 is 0 Å². The van der Waals surface area contributed by atoms with E-state index in [1.165, 1.54) is 0 Å². The maximum Gasteiger partial charge on any atom is 0.270 e. The van der Waals surface area contributed by atoms with Crippen LogP contribution in [0.2, 0.25) is 0 Å². The number of hydrogen-bond acceptors (Lipinski definition) is 2. The molecule has 0 unspecified atom stereocenters. The van der Waals surface area contributed by atoms with Crippen LogP contribution in [0.4, 0.5) is 0 Å². The van der Waals surface area contributed by atoms with Crippen molar-refractivity contribution in [1.82, 2.24) is 14.7 Å². The lowest BCUT2D eigenvalue weighted by molar-refractivity contribution is 0.0946. The summed E-state index contributed by atoms with van der Waals surface area (Å²) in [5, 5.41) is 3.07. The molecule has 1 aromatic carbocycles. The number of aromatic nitrogens is 2. The summed E-state index contributed by atoms with van der Waals surface area (Å²) in [5.74, 6) is -0.0438. The van der Waals surface area contributed by atoms with E-state index in [1.54, 1.807) is 0 Å². The standard InChI is InChI=1S/C18H17N3O/c1-12-9-10-21-15(11-12)20-16(13-5-3-2-4-6-13)17(21)18(22)19-14-7-8-14/h2-6,9-11,14H,7-8H2,1H3,(H,19,22). The lowest BCUT2D eigenvalue weighted by atomic mass is 10.1. The molecule has 1 N–H and O–H groups in total. The summed E-state index contributed by atoms with van der Waals surface area (Å²) in [7, 11) is 0. The van der Waals surface area contributed by atoms with E-state index in [2.05, 4.69) is 5.32 Å². The van der Waals surface area contributed by atoms with Crippen molar-refractivity contribution in [1.29, 1.82) is 0 Å². The first-order valence-electron chi connectivity index (χ1n) is 7.57. The molecule has 1 amide bonds. The topological polar surface area (TPSA) is 46.4 Å². The van der Waals surface area contributed by atoms with Crippen molar-refractivity contribution in [3.8, 4) is 11.3 Å². The molecule has 4 heteroatoms. The van der Waals surface area contributed by atoms with Gasteiger partial charge in [0.25, 0.3) is 5.91 Å². The maximum atomic E-state index is 12.7. The molecule has 1 aliphatic carbocycles. The van der Waals surface area contributed by atoms with Gasteiger partial charge in [0.2, 0.25) is 0 Å². The number of nitrogens with one attached hydrogen (secondary N) is 1. The zero-order valence-electron chi connectivity index (χ0n) is 12.4. The van der Waals surface area contributed by atoms with E-state index in [9.17, 15) is 4.79 Å². The fourth-order valence-electron chi connectivity index (χ4n) is 2.64. The minimum atomic E-state index is -0.0438. The van der Waals surface area contributed by atoms with Gasteiger partial charge < -0.3 is 5.32 Å². The van der Waals surface area contributed by atoms with Crippen LogP contribution in [0.1, 0.15) is 28.9 Å². The minimum Gasteiger partial charge on any atom is -0.348 e. The fraction of sp³-hybridized carbons (Fsp3) is 0.222. The number of rotatable bonds is 3. The van der Waals surface area contributed by atoms with E-state index in [-0.39, 0.29) is 5.91 Å². The molecule has 3 aromatic rings. The van der Waals surface area contributed by atoms with Gasteiger partial charge >= 0.3 is 0 Å². The first-order valence-corrected chi connectivity index (χ1v) is 7.57. The molecular formula is C18H17N3O. The van der Waals surface area contributed by atoms with Crippen molar-refractivity contribution < 1.29 is 4.79 Å². The number of fused-ring (bicyclic) bond motifs is 1. The van der Waals surface area contributed by atoms with Crippen LogP contribution < -0.4 is 5.32 Å². The largest absolute Gasteiger partial charge is 0.348 e. The van der Waals surface area contributed by atoms with E-state index in [1.807, 2.05) is 60.0 Å². The average Bonchev–Trinajstić information content (AvgIpc) is 3.25. The van der Waals surface area contributed by atoms with Gasteiger partial charge in [-0.05, 0) is 37.5 Å². The second kappa shape index (κ2) is 4.98. The molecule has 2 aromatic heterocycles. The second-order valence-electron chi connectivity index (χ2n) is 5.86. The smallest absolute Gasteiger partial charge is 0.270 e. The van der Waals surface area contributed by atoms with Crippen molar-refractivity contribution in [2.24, 2.45) is 0 Å². The number of pyridine rings is 1. The van der Waals surface area contributed by atoms with E-state index in [0.29, 0.717) is 11.7 Å². The molecule has 1 fully saturated rings. The first kappa shape index (κ1) is 13.1. The first-order chi connectivity index (χ1) is 10.7. The Balaban J connectivity index is 1.91. The number of benzene rings is 1. The normalized spacial score (nSPS) is 14.2. The lowest BCUT2D eigenvalue weighted by Crippen LogP contribution is -2.27. The number of aryl methyl sites for hydroxylation is 1. The minimum absolute atomic E-state index is 0.0438. The fourth-order valence-corrected chi connectivity index (χ4v) is 2.64. The Bertz CT molecular complexity index is 847. The predicted molar refractivity (Wildman–Crippen MR) is 85.9 cm³/mol. The van der Waals surface area contributed by atoms with E-state index >= 15 is 0 Å². The third-order valence-corrected chi connectivity index (χ3v) is 3.96. The molecule has 0 spiro atoms. The molecule has 22 heavy (non-hydrogen) atoms. The molecule has 0 radical (unpaired) electrons. The number of carbonyl (C=O) groups is 1. The molecule has 2 heterocycles. The van der Waals surface area contributed by atoms with E-state index in [4.69, 9.17) is 4.98 Å². The Labute approximate surface area is 128 Å². The monoisotopic (exact) mass is 291 g/mol. The van der Waals surface area contributed by atoms with Crippen molar-refractivity contribution in [2.75, 3.05) is 0 Å². The Morgan fingerprint density at radius 2 is 2.00 bits per heavy atom. The lowest BCUT2D eigenvalue weighted by Gasteiger charge is -2.06. The highest BCUT2D eigenvalue weighted by Crippen LogP contribution is 2.26. The third kappa shape index (κ3) is 2.26. The van der Waals surface area contributed by atoms with Crippen molar-refractivity contribution in [2.45, 2.75) is 25.8 Å². The molecule has 4 nitrogen and oxygen atoms in total. The Hall–Kier alpha value is -2.62. The van der Waals surface area contributed by atoms with Gasteiger partial charge in [0.15, 0.2) is 0 Å². The molecule has 0 aliphatic heterocycles. The van der Waals surface area contributed by atoms with Crippen LogP contribution in [0.3, 0.4) is 0 Å². The molecule has 0 saturated heterocycles. The highest BCUT2D eigenvalue weighted by molar-refractivity contribution is 6.00.